The molecule has 5 heteroatoms. The fourth-order valence-corrected chi connectivity index (χ4v) is 3.40. The number of nitrogens with zero attached hydrogens (tertiary/aromatic N) is 3. The second-order valence-corrected chi connectivity index (χ2v) is 6.44. The maximum Gasteiger partial charge on any atom is 0.165 e. The zero-order valence-corrected chi connectivity index (χ0v) is 15.2. The first-order chi connectivity index (χ1) is 11.6. The van der Waals surface area contributed by atoms with Gasteiger partial charge in [-0.3, -0.25) is 4.57 Å². The third-order valence-corrected chi connectivity index (χ3v) is 4.54. The molecule has 2 heterocycles. The largest absolute Gasteiger partial charge is 0.326 e. The van der Waals surface area contributed by atoms with Crippen molar-refractivity contribution in [2.75, 3.05) is 5.88 Å². The standard InChI is InChI=1S/C19H23ClN4/c1-4-17-23-18-12(2)9-13(3)22-19(18)24(17)16-6-5-14(7-8-20)15(10-16)11-21/h5-6,9-10H,4,7-8,11,21H2,1-3H3. The number of pyridine rings is 1. The highest BCUT2D eigenvalue weighted by molar-refractivity contribution is 6.18. The van der Waals surface area contributed by atoms with Crippen LogP contribution in [0.15, 0.2) is 24.3 Å². The van der Waals surface area contributed by atoms with Gasteiger partial charge < -0.3 is 5.73 Å². The number of hydrogen-bond donors (Lipinski definition) is 1. The monoisotopic (exact) mass is 342 g/mol. The SMILES string of the molecule is CCc1nc2c(C)cc(C)nc2n1-c1ccc(CCCl)c(CN)c1. The highest BCUT2D eigenvalue weighted by Gasteiger charge is 2.15. The molecule has 3 rings (SSSR count). The maximum absolute atomic E-state index is 5.95. The average molecular weight is 343 g/mol. The number of aryl methyl sites for hydroxylation is 4. The molecule has 0 saturated heterocycles. The number of nitrogens with two attached hydrogens (primary N) is 1. The number of benzene rings is 1. The first-order valence-electron chi connectivity index (χ1n) is 8.32. The van der Waals surface area contributed by atoms with Crippen LogP contribution in [0.1, 0.15) is 35.1 Å². The molecule has 4 nitrogen and oxygen atoms in total. The van der Waals surface area contributed by atoms with Crippen LogP contribution in [0.4, 0.5) is 0 Å². The Bertz CT molecular complexity index is 883. The van der Waals surface area contributed by atoms with Crippen LogP contribution in [0, 0.1) is 13.8 Å². The van der Waals surface area contributed by atoms with Crippen LogP contribution in [-0.4, -0.2) is 20.4 Å². The van der Waals surface area contributed by atoms with Gasteiger partial charge in [0.1, 0.15) is 11.3 Å². The van der Waals surface area contributed by atoms with Crippen LogP contribution in [0.25, 0.3) is 16.9 Å². The van der Waals surface area contributed by atoms with Gasteiger partial charge in [0.25, 0.3) is 0 Å². The van der Waals surface area contributed by atoms with E-state index in [1.807, 2.05) is 6.92 Å². The van der Waals surface area contributed by atoms with Gasteiger partial charge in [0, 0.05) is 30.2 Å². The molecular weight excluding hydrogens is 320 g/mol. The van der Waals surface area contributed by atoms with Crippen LogP contribution in [0.2, 0.25) is 0 Å². The molecule has 0 bridgehead atoms. The first kappa shape index (κ1) is 16.9. The van der Waals surface area contributed by atoms with E-state index in [9.17, 15) is 0 Å². The Balaban J connectivity index is 2.25. The summed E-state index contributed by atoms with van der Waals surface area (Å²) in [6, 6.07) is 8.45. The summed E-state index contributed by atoms with van der Waals surface area (Å²) in [6.07, 6.45) is 1.67. The van der Waals surface area contributed by atoms with Crippen molar-refractivity contribution in [3.05, 3.63) is 52.5 Å². The lowest BCUT2D eigenvalue weighted by Gasteiger charge is -2.13. The van der Waals surface area contributed by atoms with E-state index in [1.165, 1.54) is 5.56 Å². The van der Waals surface area contributed by atoms with Gasteiger partial charge >= 0.3 is 0 Å². The number of halogens is 1. The van der Waals surface area contributed by atoms with E-state index in [-0.39, 0.29) is 0 Å². The fraction of sp³-hybridized carbons (Fsp3) is 0.368. The zero-order chi connectivity index (χ0) is 17.3. The minimum atomic E-state index is 0.500. The third kappa shape index (κ3) is 2.92. The Labute approximate surface area is 147 Å². The lowest BCUT2D eigenvalue weighted by atomic mass is 10.0. The first-order valence-corrected chi connectivity index (χ1v) is 8.86. The quantitative estimate of drug-likeness (QED) is 0.717. The fourth-order valence-electron chi connectivity index (χ4n) is 3.20. The molecule has 0 aliphatic rings. The van der Waals surface area contributed by atoms with Crippen molar-refractivity contribution in [3.8, 4) is 5.69 Å². The minimum Gasteiger partial charge on any atom is -0.326 e. The van der Waals surface area contributed by atoms with Crippen LogP contribution < -0.4 is 5.73 Å². The average Bonchev–Trinajstić information content (AvgIpc) is 2.94. The number of hydrogen-bond acceptors (Lipinski definition) is 3. The topological polar surface area (TPSA) is 56.7 Å². The van der Waals surface area contributed by atoms with Crippen LogP contribution in [0.3, 0.4) is 0 Å². The molecular formula is C19H23ClN4. The third-order valence-electron chi connectivity index (χ3n) is 4.35. The highest BCUT2D eigenvalue weighted by Crippen LogP contribution is 2.25. The van der Waals surface area contributed by atoms with E-state index in [1.54, 1.807) is 0 Å². The predicted octanol–water partition coefficient (Wildman–Crippen LogP) is 3.84. The molecule has 2 N–H and O–H groups in total. The smallest absolute Gasteiger partial charge is 0.165 e. The summed E-state index contributed by atoms with van der Waals surface area (Å²) in [7, 11) is 0. The Morgan fingerprint density at radius 2 is 1.92 bits per heavy atom. The molecule has 0 radical (unpaired) electrons. The molecule has 3 aromatic rings. The molecule has 1 aromatic carbocycles. The molecule has 0 saturated carbocycles. The molecule has 0 amide bonds. The normalized spacial score (nSPS) is 11.4. The molecule has 0 unspecified atom stereocenters. The van der Waals surface area contributed by atoms with Crippen molar-refractivity contribution in [1.82, 2.24) is 14.5 Å². The van der Waals surface area contributed by atoms with Crippen molar-refractivity contribution in [2.45, 2.75) is 40.2 Å². The van der Waals surface area contributed by atoms with Gasteiger partial charge in [-0.05, 0) is 55.2 Å². The molecule has 0 aliphatic heterocycles. The van der Waals surface area contributed by atoms with E-state index >= 15 is 0 Å². The second kappa shape index (κ2) is 6.91. The Morgan fingerprint density at radius 3 is 2.58 bits per heavy atom. The van der Waals surface area contributed by atoms with Crippen molar-refractivity contribution < 1.29 is 0 Å². The number of alkyl halides is 1. The molecule has 0 spiro atoms. The van der Waals surface area contributed by atoms with Crippen molar-refractivity contribution in [3.63, 3.8) is 0 Å². The van der Waals surface area contributed by atoms with E-state index < -0.39 is 0 Å². The summed E-state index contributed by atoms with van der Waals surface area (Å²) in [4.78, 5) is 9.55. The lowest BCUT2D eigenvalue weighted by Crippen LogP contribution is -2.07. The Kier molecular flexibility index (Phi) is 4.88. The summed E-state index contributed by atoms with van der Waals surface area (Å²) < 4.78 is 2.15. The minimum absolute atomic E-state index is 0.500. The van der Waals surface area contributed by atoms with Crippen LogP contribution in [-0.2, 0) is 19.4 Å². The van der Waals surface area contributed by atoms with Crippen molar-refractivity contribution >= 4 is 22.8 Å². The maximum atomic E-state index is 5.95. The van der Waals surface area contributed by atoms with Gasteiger partial charge in [-0.2, -0.15) is 0 Å². The van der Waals surface area contributed by atoms with E-state index in [4.69, 9.17) is 27.3 Å². The summed E-state index contributed by atoms with van der Waals surface area (Å²) in [5.74, 6) is 1.61. The summed E-state index contributed by atoms with van der Waals surface area (Å²) in [5.41, 5.74) is 13.4. The number of imidazole rings is 1. The van der Waals surface area contributed by atoms with Gasteiger partial charge in [-0.25, -0.2) is 9.97 Å². The zero-order valence-electron chi connectivity index (χ0n) is 14.4. The molecule has 126 valence electrons. The number of fused-ring (bicyclic) bond motifs is 1. The molecule has 0 aliphatic carbocycles. The van der Waals surface area contributed by atoms with E-state index in [0.717, 1.165) is 52.3 Å². The number of rotatable bonds is 5. The van der Waals surface area contributed by atoms with E-state index in [0.29, 0.717) is 12.4 Å². The Morgan fingerprint density at radius 1 is 1.12 bits per heavy atom. The van der Waals surface area contributed by atoms with Crippen LogP contribution >= 0.6 is 11.6 Å². The second-order valence-electron chi connectivity index (χ2n) is 6.07. The molecule has 0 atom stereocenters. The Hall–Kier alpha value is -1.91. The summed E-state index contributed by atoms with van der Waals surface area (Å²) >= 11 is 5.90. The van der Waals surface area contributed by atoms with Crippen LogP contribution in [0.5, 0.6) is 0 Å². The summed E-state index contributed by atoms with van der Waals surface area (Å²) in [6.45, 7) is 6.72. The van der Waals surface area contributed by atoms with Gasteiger partial charge in [-0.15, -0.1) is 11.6 Å². The summed E-state index contributed by atoms with van der Waals surface area (Å²) in [5, 5.41) is 0. The lowest BCUT2D eigenvalue weighted by molar-refractivity contribution is 0.893. The highest BCUT2D eigenvalue weighted by atomic mass is 35.5. The molecule has 2 aromatic heterocycles. The van der Waals surface area contributed by atoms with Gasteiger partial charge in [0.2, 0.25) is 0 Å². The van der Waals surface area contributed by atoms with Gasteiger partial charge in [0.15, 0.2) is 5.65 Å². The number of aromatic nitrogens is 3. The van der Waals surface area contributed by atoms with Crippen molar-refractivity contribution in [1.29, 1.82) is 0 Å². The van der Waals surface area contributed by atoms with Gasteiger partial charge in [-0.1, -0.05) is 13.0 Å². The molecule has 24 heavy (non-hydrogen) atoms. The van der Waals surface area contributed by atoms with E-state index in [2.05, 4.69) is 42.7 Å². The predicted molar refractivity (Wildman–Crippen MR) is 100 cm³/mol. The molecule has 0 fully saturated rings. The van der Waals surface area contributed by atoms with Gasteiger partial charge in [0.05, 0.1) is 0 Å². The van der Waals surface area contributed by atoms with Crippen molar-refractivity contribution in [2.24, 2.45) is 5.73 Å².